The molecule has 4 rings (SSSR count). The van der Waals surface area contributed by atoms with E-state index in [4.69, 9.17) is 4.74 Å². The van der Waals surface area contributed by atoms with Crippen LogP contribution >= 0.6 is 0 Å². The molecule has 1 atom stereocenters. The lowest BCUT2D eigenvalue weighted by atomic mass is 10.1. The maximum Gasteiger partial charge on any atom is 0.243 e. The van der Waals surface area contributed by atoms with Gasteiger partial charge in [-0.2, -0.15) is 4.31 Å². The smallest absolute Gasteiger partial charge is 0.243 e. The minimum Gasteiger partial charge on any atom is -0.379 e. The van der Waals surface area contributed by atoms with E-state index in [1.54, 1.807) is 29.2 Å². The van der Waals surface area contributed by atoms with E-state index in [2.05, 4.69) is 5.32 Å². The zero-order valence-corrected chi connectivity index (χ0v) is 18.9. The van der Waals surface area contributed by atoms with Gasteiger partial charge in [0.1, 0.15) is 5.82 Å². The second kappa shape index (κ2) is 9.98. The largest absolute Gasteiger partial charge is 0.379 e. The third kappa shape index (κ3) is 5.58. The van der Waals surface area contributed by atoms with Crippen molar-refractivity contribution in [2.45, 2.75) is 17.7 Å². The van der Waals surface area contributed by atoms with Crippen LogP contribution in [0.2, 0.25) is 0 Å². The van der Waals surface area contributed by atoms with Crippen LogP contribution in [0.3, 0.4) is 0 Å². The van der Waals surface area contributed by atoms with Crippen molar-refractivity contribution in [1.82, 2.24) is 9.21 Å². The summed E-state index contributed by atoms with van der Waals surface area (Å²) in [5.74, 6) is -1.16. The second-order valence-electron chi connectivity index (χ2n) is 8.15. The van der Waals surface area contributed by atoms with Crippen LogP contribution in [0.1, 0.15) is 12.0 Å². The van der Waals surface area contributed by atoms with Crippen molar-refractivity contribution in [3.63, 3.8) is 0 Å². The predicted octanol–water partition coefficient (Wildman–Crippen LogP) is 1.88. The molecule has 33 heavy (non-hydrogen) atoms. The summed E-state index contributed by atoms with van der Waals surface area (Å²) in [7, 11) is -3.60. The van der Waals surface area contributed by atoms with Crippen molar-refractivity contribution >= 4 is 27.5 Å². The number of carbonyl (C=O) groups is 2. The van der Waals surface area contributed by atoms with E-state index in [1.165, 1.54) is 28.6 Å². The molecule has 10 heteroatoms. The topological polar surface area (TPSA) is 96.0 Å². The van der Waals surface area contributed by atoms with Crippen molar-refractivity contribution in [3.05, 3.63) is 59.9 Å². The van der Waals surface area contributed by atoms with Crippen LogP contribution in [0.25, 0.3) is 0 Å². The summed E-state index contributed by atoms with van der Waals surface area (Å²) in [6, 6.07) is 12.2. The number of hydrogen-bond donors (Lipinski definition) is 1. The van der Waals surface area contributed by atoms with E-state index in [0.29, 0.717) is 51.5 Å². The van der Waals surface area contributed by atoms with Gasteiger partial charge in [-0.25, -0.2) is 12.8 Å². The number of nitrogens with one attached hydrogen (secondary N) is 1. The van der Waals surface area contributed by atoms with Crippen LogP contribution in [-0.4, -0.2) is 68.8 Å². The minimum atomic E-state index is -3.60. The number of likely N-dealkylation sites (tertiary alicyclic amines) is 1. The summed E-state index contributed by atoms with van der Waals surface area (Å²) in [6.45, 7) is 2.14. The Morgan fingerprint density at radius 3 is 2.39 bits per heavy atom. The van der Waals surface area contributed by atoms with Gasteiger partial charge in [0.2, 0.25) is 21.8 Å². The van der Waals surface area contributed by atoms with Crippen LogP contribution in [0, 0.1) is 11.7 Å². The predicted molar refractivity (Wildman–Crippen MR) is 119 cm³/mol. The van der Waals surface area contributed by atoms with Gasteiger partial charge in [-0.1, -0.05) is 12.1 Å². The number of hydrogen-bond acceptors (Lipinski definition) is 5. The SMILES string of the molecule is O=C(Nc1ccc(S(=O)(=O)N2CCOCC2)cc1)C1CC(=O)N(CCc2ccc(F)cc2)C1. The molecule has 176 valence electrons. The van der Waals surface area contributed by atoms with Gasteiger partial charge in [-0.15, -0.1) is 0 Å². The summed E-state index contributed by atoms with van der Waals surface area (Å²) >= 11 is 0. The summed E-state index contributed by atoms with van der Waals surface area (Å²) in [6.07, 6.45) is 0.707. The molecule has 2 aliphatic rings. The number of anilines is 1. The maximum atomic E-state index is 13.0. The van der Waals surface area contributed by atoms with E-state index in [9.17, 15) is 22.4 Å². The average Bonchev–Trinajstić information content (AvgIpc) is 3.20. The van der Waals surface area contributed by atoms with Gasteiger partial charge >= 0.3 is 0 Å². The molecule has 8 nitrogen and oxygen atoms in total. The lowest BCUT2D eigenvalue weighted by Gasteiger charge is -2.26. The standard InChI is InChI=1S/C23H26FN3O5S/c24-19-3-1-17(2-4-19)9-10-26-16-18(15-22(26)28)23(29)25-20-5-7-21(8-6-20)33(30,31)27-11-13-32-14-12-27/h1-8,18H,9-16H2,(H,25,29). The molecule has 0 bridgehead atoms. The molecule has 2 amide bonds. The fraction of sp³-hybridized carbons (Fsp3) is 0.391. The van der Waals surface area contributed by atoms with Crippen LogP contribution in [0.5, 0.6) is 0 Å². The first-order chi connectivity index (χ1) is 15.8. The highest BCUT2D eigenvalue weighted by atomic mass is 32.2. The molecular weight excluding hydrogens is 449 g/mol. The fourth-order valence-corrected chi connectivity index (χ4v) is 5.38. The van der Waals surface area contributed by atoms with Gasteiger partial charge in [0.15, 0.2) is 0 Å². The molecule has 0 aliphatic carbocycles. The van der Waals surface area contributed by atoms with Gasteiger partial charge in [0.25, 0.3) is 0 Å². The normalized spacial score (nSPS) is 19.6. The van der Waals surface area contributed by atoms with Gasteiger partial charge in [-0.05, 0) is 48.4 Å². The number of rotatable bonds is 7. The van der Waals surface area contributed by atoms with E-state index in [0.717, 1.165) is 5.56 Å². The Balaban J connectivity index is 1.31. The van der Waals surface area contributed by atoms with E-state index in [-0.39, 0.29) is 28.9 Å². The summed E-state index contributed by atoms with van der Waals surface area (Å²) in [5.41, 5.74) is 1.39. The van der Waals surface area contributed by atoms with E-state index >= 15 is 0 Å². The van der Waals surface area contributed by atoms with Crippen LogP contribution in [0.4, 0.5) is 10.1 Å². The van der Waals surface area contributed by atoms with Gasteiger partial charge in [-0.3, -0.25) is 9.59 Å². The first kappa shape index (κ1) is 23.3. The van der Waals surface area contributed by atoms with Crippen molar-refractivity contribution in [2.24, 2.45) is 5.92 Å². The maximum absolute atomic E-state index is 13.0. The third-order valence-electron chi connectivity index (χ3n) is 5.90. The van der Waals surface area contributed by atoms with Crippen molar-refractivity contribution < 1.29 is 27.1 Å². The second-order valence-corrected chi connectivity index (χ2v) is 10.1. The van der Waals surface area contributed by atoms with Crippen molar-refractivity contribution in [1.29, 1.82) is 0 Å². The lowest BCUT2D eigenvalue weighted by molar-refractivity contribution is -0.128. The molecule has 0 aromatic heterocycles. The minimum absolute atomic E-state index is 0.0933. The molecule has 2 aliphatic heterocycles. The van der Waals surface area contributed by atoms with Crippen molar-refractivity contribution in [3.8, 4) is 0 Å². The number of halogens is 1. The molecule has 2 saturated heterocycles. The number of carbonyl (C=O) groups excluding carboxylic acids is 2. The molecule has 0 radical (unpaired) electrons. The Labute approximate surface area is 192 Å². The quantitative estimate of drug-likeness (QED) is 0.660. The number of ether oxygens (including phenoxy) is 1. The Morgan fingerprint density at radius 1 is 1.06 bits per heavy atom. The molecule has 0 spiro atoms. The van der Waals surface area contributed by atoms with Crippen LogP contribution < -0.4 is 5.32 Å². The highest BCUT2D eigenvalue weighted by Gasteiger charge is 2.34. The highest BCUT2D eigenvalue weighted by Crippen LogP contribution is 2.23. The zero-order valence-electron chi connectivity index (χ0n) is 18.1. The lowest BCUT2D eigenvalue weighted by Crippen LogP contribution is -2.40. The van der Waals surface area contributed by atoms with Crippen molar-refractivity contribution in [2.75, 3.05) is 44.7 Å². The number of morpholine rings is 1. The first-order valence-electron chi connectivity index (χ1n) is 10.8. The number of sulfonamides is 1. The van der Waals surface area contributed by atoms with Gasteiger partial charge in [0.05, 0.1) is 24.0 Å². The Kier molecular flexibility index (Phi) is 7.06. The molecule has 2 aromatic rings. The molecule has 2 aromatic carbocycles. The van der Waals surface area contributed by atoms with E-state index in [1.807, 2.05) is 0 Å². The summed E-state index contributed by atoms with van der Waals surface area (Å²) in [5, 5.41) is 2.78. The number of nitrogens with zero attached hydrogens (tertiary/aromatic N) is 2. The highest BCUT2D eigenvalue weighted by molar-refractivity contribution is 7.89. The summed E-state index contributed by atoms with van der Waals surface area (Å²) in [4.78, 5) is 26.8. The summed E-state index contributed by atoms with van der Waals surface area (Å²) < 4.78 is 45.0. The molecular formula is C23H26FN3O5S. The van der Waals surface area contributed by atoms with E-state index < -0.39 is 15.9 Å². The first-order valence-corrected chi connectivity index (χ1v) is 12.3. The molecule has 1 unspecified atom stereocenters. The fourth-order valence-electron chi connectivity index (χ4n) is 3.97. The van der Waals surface area contributed by atoms with Gasteiger partial charge < -0.3 is 15.0 Å². The van der Waals surface area contributed by atoms with Crippen LogP contribution in [0.15, 0.2) is 53.4 Å². The van der Waals surface area contributed by atoms with Crippen LogP contribution in [-0.2, 0) is 30.8 Å². The number of amides is 2. The monoisotopic (exact) mass is 475 g/mol. The Bertz CT molecular complexity index is 1100. The molecule has 2 fully saturated rings. The molecule has 2 heterocycles. The number of benzene rings is 2. The molecule has 0 saturated carbocycles. The molecule has 1 N–H and O–H groups in total. The average molecular weight is 476 g/mol. The zero-order chi connectivity index (χ0) is 23.4. The van der Waals surface area contributed by atoms with Gasteiger partial charge in [0, 0.05) is 38.3 Å². The Hall–Kier alpha value is -2.82. The third-order valence-corrected chi connectivity index (χ3v) is 7.81. The Morgan fingerprint density at radius 2 is 1.73 bits per heavy atom.